The summed E-state index contributed by atoms with van der Waals surface area (Å²) in [5.41, 5.74) is 0. The highest BCUT2D eigenvalue weighted by atomic mass is 16.5. The lowest BCUT2D eigenvalue weighted by atomic mass is 9.80. The van der Waals surface area contributed by atoms with Crippen molar-refractivity contribution in [3.8, 4) is 0 Å². The predicted molar refractivity (Wildman–Crippen MR) is 56.9 cm³/mol. The molecule has 5 atom stereocenters. The van der Waals surface area contributed by atoms with Crippen LogP contribution in [0.5, 0.6) is 0 Å². The minimum atomic E-state index is 0.541. The molecule has 2 fully saturated rings. The molecule has 3 rings (SSSR count). The first-order valence-corrected chi connectivity index (χ1v) is 5.79. The van der Waals surface area contributed by atoms with Crippen molar-refractivity contribution in [1.29, 1.82) is 0 Å². The van der Waals surface area contributed by atoms with E-state index in [4.69, 9.17) is 4.74 Å². The maximum Gasteiger partial charge on any atom is 0.0648 e. The summed E-state index contributed by atoms with van der Waals surface area (Å²) in [5.74, 6) is 3.60. The van der Waals surface area contributed by atoms with Gasteiger partial charge >= 0.3 is 0 Å². The van der Waals surface area contributed by atoms with Crippen molar-refractivity contribution in [2.24, 2.45) is 23.7 Å². The van der Waals surface area contributed by atoms with Crippen molar-refractivity contribution in [2.45, 2.75) is 25.4 Å². The summed E-state index contributed by atoms with van der Waals surface area (Å²) in [6, 6.07) is 0. The maximum absolute atomic E-state index is 5.85. The molecular formula is C13H18O. The zero-order valence-electron chi connectivity index (χ0n) is 8.56. The molecule has 3 aliphatic rings. The minimum Gasteiger partial charge on any atom is -0.374 e. The fourth-order valence-electron chi connectivity index (χ4n) is 3.88. The number of hydrogen-bond acceptors (Lipinski definition) is 1. The van der Waals surface area contributed by atoms with Crippen LogP contribution in [0.1, 0.15) is 19.3 Å². The summed E-state index contributed by atoms with van der Waals surface area (Å²) in [6.45, 7) is 4.45. The maximum atomic E-state index is 5.85. The summed E-state index contributed by atoms with van der Waals surface area (Å²) in [6.07, 6.45) is 11.3. The molecule has 0 aromatic heterocycles. The van der Waals surface area contributed by atoms with Crippen molar-refractivity contribution in [3.63, 3.8) is 0 Å². The van der Waals surface area contributed by atoms with E-state index in [0.29, 0.717) is 6.10 Å². The molecule has 0 spiro atoms. The Kier molecular flexibility index (Phi) is 2.01. The molecule has 0 heterocycles. The Labute approximate surface area is 85.8 Å². The Morgan fingerprint density at radius 1 is 1.36 bits per heavy atom. The minimum absolute atomic E-state index is 0.541. The van der Waals surface area contributed by atoms with Gasteiger partial charge in [0.05, 0.1) is 12.7 Å². The van der Waals surface area contributed by atoms with Gasteiger partial charge in [-0.15, -0.1) is 6.58 Å². The van der Waals surface area contributed by atoms with Gasteiger partial charge in [0.1, 0.15) is 0 Å². The number of hydrogen-bond donors (Lipinski definition) is 0. The molecule has 0 aromatic carbocycles. The second-order valence-electron chi connectivity index (χ2n) is 4.96. The van der Waals surface area contributed by atoms with Crippen LogP contribution in [0.2, 0.25) is 0 Å². The van der Waals surface area contributed by atoms with Crippen molar-refractivity contribution >= 4 is 0 Å². The number of allylic oxidation sites excluding steroid dienone is 2. The van der Waals surface area contributed by atoms with Crippen LogP contribution >= 0.6 is 0 Å². The third kappa shape index (κ3) is 1.12. The van der Waals surface area contributed by atoms with Crippen LogP contribution in [0.15, 0.2) is 24.8 Å². The summed E-state index contributed by atoms with van der Waals surface area (Å²) < 4.78 is 5.85. The van der Waals surface area contributed by atoms with Gasteiger partial charge in [0.2, 0.25) is 0 Å². The summed E-state index contributed by atoms with van der Waals surface area (Å²) in [4.78, 5) is 0. The number of ether oxygens (including phenoxy) is 1. The lowest BCUT2D eigenvalue weighted by Gasteiger charge is -2.31. The zero-order valence-corrected chi connectivity index (χ0v) is 8.56. The molecule has 0 radical (unpaired) electrons. The Hall–Kier alpha value is -0.560. The quantitative estimate of drug-likeness (QED) is 0.622. The van der Waals surface area contributed by atoms with Gasteiger partial charge in [-0.05, 0) is 42.9 Å². The number of fused-ring (bicyclic) bond motifs is 5. The summed E-state index contributed by atoms with van der Waals surface area (Å²) in [7, 11) is 0. The first-order chi connectivity index (χ1) is 6.90. The summed E-state index contributed by atoms with van der Waals surface area (Å²) >= 11 is 0. The topological polar surface area (TPSA) is 9.23 Å². The van der Waals surface area contributed by atoms with E-state index in [1.165, 1.54) is 19.3 Å². The average molecular weight is 190 g/mol. The SMILES string of the molecule is C=CCO[C@@H]1C[C@H]2C[C@H]1[C@@H]1CC=C[C@@H]21. The molecule has 0 aromatic rings. The van der Waals surface area contributed by atoms with E-state index in [-0.39, 0.29) is 0 Å². The second-order valence-corrected chi connectivity index (χ2v) is 4.96. The molecule has 0 amide bonds. The monoisotopic (exact) mass is 190 g/mol. The van der Waals surface area contributed by atoms with E-state index in [1.807, 2.05) is 6.08 Å². The number of rotatable bonds is 3. The van der Waals surface area contributed by atoms with Gasteiger partial charge in [-0.1, -0.05) is 18.2 Å². The molecule has 1 nitrogen and oxygen atoms in total. The van der Waals surface area contributed by atoms with Gasteiger partial charge in [0.25, 0.3) is 0 Å². The first-order valence-electron chi connectivity index (χ1n) is 5.79. The average Bonchev–Trinajstić information content (AvgIpc) is 2.85. The van der Waals surface area contributed by atoms with Gasteiger partial charge in [-0.25, -0.2) is 0 Å². The molecule has 0 aliphatic heterocycles. The summed E-state index contributed by atoms with van der Waals surface area (Å²) in [5, 5.41) is 0. The Morgan fingerprint density at radius 2 is 2.29 bits per heavy atom. The molecule has 1 heteroatoms. The molecule has 0 unspecified atom stereocenters. The van der Waals surface area contributed by atoms with Crippen LogP contribution in [0.4, 0.5) is 0 Å². The van der Waals surface area contributed by atoms with Gasteiger partial charge in [0, 0.05) is 0 Å². The smallest absolute Gasteiger partial charge is 0.0648 e. The van der Waals surface area contributed by atoms with Gasteiger partial charge in [0.15, 0.2) is 0 Å². The van der Waals surface area contributed by atoms with E-state index in [2.05, 4.69) is 18.7 Å². The molecule has 3 aliphatic carbocycles. The molecule has 14 heavy (non-hydrogen) atoms. The lowest BCUT2D eigenvalue weighted by Crippen LogP contribution is -2.30. The highest BCUT2D eigenvalue weighted by Crippen LogP contribution is 2.57. The van der Waals surface area contributed by atoms with Crippen LogP contribution in [0.25, 0.3) is 0 Å². The lowest BCUT2D eigenvalue weighted by molar-refractivity contribution is 0.00693. The largest absolute Gasteiger partial charge is 0.374 e. The van der Waals surface area contributed by atoms with E-state index in [9.17, 15) is 0 Å². The fraction of sp³-hybridized carbons (Fsp3) is 0.692. The van der Waals surface area contributed by atoms with Gasteiger partial charge in [-0.3, -0.25) is 0 Å². The molecular weight excluding hydrogens is 172 g/mol. The van der Waals surface area contributed by atoms with Crippen LogP contribution in [0.3, 0.4) is 0 Å². The van der Waals surface area contributed by atoms with Crippen LogP contribution in [-0.4, -0.2) is 12.7 Å². The normalized spacial score (nSPS) is 48.4. The van der Waals surface area contributed by atoms with E-state index in [1.54, 1.807) is 0 Å². The first kappa shape index (κ1) is 8.72. The molecule has 2 bridgehead atoms. The molecule has 76 valence electrons. The highest BCUT2D eigenvalue weighted by molar-refractivity contribution is 5.14. The van der Waals surface area contributed by atoms with E-state index >= 15 is 0 Å². The third-order valence-electron chi connectivity index (χ3n) is 4.37. The van der Waals surface area contributed by atoms with Crippen molar-refractivity contribution in [3.05, 3.63) is 24.8 Å². The van der Waals surface area contributed by atoms with E-state index < -0.39 is 0 Å². The fourth-order valence-corrected chi connectivity index (χ4v) is 3.88. The van der Waals surface area contributed by atoms with Crippen molar-refractivity contribution < 1.29 is 4.74 Å². The van der Waals surface area contributed by atoms with E-state index in [0.717, 1.165) is 30.3 Å². The van der Waals surface area contributed by atoms with Crippen molar-refractivity contribution in [2.75, 3.05) is 6.61 Å². The second kappa shape index (κ2) is 3.23. The van der Waals surface area contributed by atoms with Crippen molar-refractivity contribution in [1.82, 2.24) is 0 Å². The Morgan fingerprint density at radius 3 is 3.14 bits per heavy atom. The third-order valence-corrected chi connectivity index (χ3v) is 4.37. The van der Waals surface area contributed by atoms with Gasteiger partial charge < -0.3 is 4.74 Å². The molecule has 0 N–H and O–H groups in total. The van der Waals surface area contributed by atoms with Gasteiger partial charge in [-0.2, -0.15) is 0 Å². The Bertz CT molecular complexity index is 268. The molecule has 2 saturated carbocycles. The highest BCUT2D eigenvalue weighted by Gasteiger charge is 2.52. The predicted octanol–water partition coefficient (Wildman–Crippen LogP) is 2.79. The van der Waals surface area contributed by atoms with Crippen LogP contribution in [0, 0.1) is 23.7 Å². The van der Waals surface area contributed by atoms with Crippen LogP contribution < -0.4 is 0 Å². The molecule has 0 saturated heterocycles. The van der Waals surface area contributed by atoms with Crippen LogP contribution in [-0.2, 0) is 4.74 Å². The zero-order chi connectivity index (χ0) is 9.54. The Balaban J connectivity index is 1.69. The standard InChI is InChI=1S/C13H18O/c1-2-6-14-13-8-9-7-12(13)11-5-3-4-10(9)11/h2-4,9-13H,1,5-8H2/t9-,10+,11-,12+,13-/m1/s1.